The summed E-state index contributed by atoms with van der Waals surface area (Å²) in [7, 11) is 1.37. The maximum Gasteiger partial charge on any atom is 0.337 e. The molecule has 0 bridgehead atoms. The normalized spacial score (nSPS) is 12.9. The fourth-order valence-corrected chi connectivity index (χ4v) is 2.97. The highest BCUT2D eigenvalue weighted by atomic mass is 16.5. The topological polar surface area (TPSA) is 46.6 Å². The van der Waals surface area contributed by atoms with E-state index in [1.165, 1.54) is 7.11 Å². The molecule has 0 radical (unpaired) electrons. The van der Waals surface area contributed by atoms with Crippen LogP contribution in [0.2, 0.25) is 0 Å². The Morgan fingerprint density at radius 2 is 1.96 bits per heavy atom. The number of benzene rings is 2. The van der Waals surface area contributed by atoms with Crippen LogP contribution >= 0.6 is 0 Å². The average Bonchev–Trinajstić information content (AvgIpc) is 2.99. The van der Waals surface area contributed by atoms with Crippen molar-refractivity contribution in [2.24, 2.45) is 0 Å². The molecule has 4 nitrogen and oxygen atoms in total. The molecule has 0 fully saturated rings. The molecule has 0 saturated carbocycles. The number of rotatable bonds is 3. The van der Waals surface area contributed by atoms with E-state index in [-0.39, 0.29) is 11.9 Å². The summed E-state index contributed by atoms with van der Waals surface area (Å²) in [5, 5.41) is 0. The third-order valence-electron chi connectivity index (χ3n) is 4.30. The number of hydrogen-bond donors (Lipinski definition) is 0. The van der Waals surface area contributed by atoms with Gasteiger partial charge in [0.15, 0.2) is 0 Å². The molecule has 2 aromatic carbocycles. The van der Waals surface area contributed by atoms with Crippen molar-refractivity contribution in [1.29, 1.82) is 0 Å². The van der Waals surface area contributed by atoms with Crippen molar-refractivity contribution >= 4 is 17.6 Å². The number of hydrogen-bond acceptors (Lipinski definition) is 3. The van der Waals surface area contributed by atoms with Gasteiger partial charge in [-0.2, -0.15) is 0 Å². The summed E-state index contributed by atoms with van der Waals surface area (Å²) in [5.74, 6) is -0.263. The number of fused-ring (bicyclic) bond motifs is 1. The van der Waals surface area contributed by atoms with Crippen molar-refractivity contribution in [3.8, 4) is 0 Å². The molecule has 0 saturated heterocycles. The molecule has 1 heterocycles. The minimum absolute atomic E-state index is 0.0869. The van der Waals surface area contributed by atoms with Crippen molar-refractivity contribution in [2.45, 2.75) is 19.8 Å². The second-order valence-corrected chi connectivity index (χ2v) is 5.73. The quantitative estimate of drug-likeness (QED) is 0.819. The Labute approximate surface area is 135 Å². The van der Waals surface area contributed by atoms with Crippen LogP contribution < -0.4 is 4.90 Å². The van der Waals surface area contributed by atoms with Crippen LogP contribution in [0.3, 0.4) is 0 Å². The summed E-state index contributed by atoms with van der Waals surface area (Å²) in [6.07, 6.45) is 1.16. The molecule has 0 spiro atoms. The van der Waals surface area contributed by atoms with E-state index in [1.807, 2.05) is 48.2 Å². The van der Waals surface area contributed by atoms with Gasteiger partial charge in [0, 0.05) is 12.2 Å². The molecule has 0 aromatic heterocycles. The molecule has 0 unspecified atom stereocenters. The highest BCUT2D eigenvalue weighted by molar-refractivity contribution is 5.98. The van der Waals surface area contributed by atoms with Crippen molar-refractivity contribution < 1.29 is 14.3 Å². The molecule has 1 aliphatic heterocycles. The zero-order chi connectivity index (χ0) is 16.4. The minimum Gasteiger partial charge on any atom is -0.465 e. The fraction of sp³-hybridized carbons (Fsp3) is 0.263. The average molecular weight is 309 g/mol. The number of anilines is 1. The van der Waals surface area contributed by atoms with E-state index in [2.05, 4.69) is 0 Å². The van der Waals surface area contributed by atoms with Crippen molar-refractivity contribution in [3.05, 3.63) is 64.7 Å². The van der Waals surface area contributed by atoms with Crippen LogP contribution in [-0.4, -0.2) is 25.5 Å². The zero-order valence-corrected chi connectivity index (χ0v) is 13.3. The lowest BCUT2D eigenvalue weighted by Gasteiger charge is -2.18. The number of carbonyl (C=O) groups excluding carboxylic acids is 2. The molecule has 0 atom stereocenters. The Morgan fingerprint density at radius 1 is 1.17 bits per heavy atom. The van der Waals surface area contributed by atoms with E-state index in [0.29, 0.717) is 18.5 Å². The first-order valence-electron chi connectivity index (χ1n) is 7.66. The lowest BCUT2D eigenvalue weighted by Crippen LogP contribution is -2.30. The minimum atomic E-state index is -0.350. The fourth-order valence-electron chi connectivity index (χ4n) is 2.97. The van der Waals surface area contributed by atoms with Gasteiger partial charge >= 0.3 is 5.97 Å². The molecular weight excluding hydrogens is 290 g/mol. The van der Waals surface area contributed by atoms with Crippen molar-refractivity contribution in [2.75, 3.05) is 18.6 Å². The van der Waals surface area contributed by atoms with Gasteiger partial charge in [0.25, 0.3) is 0 Å². The summed E-state index contributed by atoms with van der Waals surface area (Å²) >= 11 is 0. The SMILES string of the molecule is COC(=O)c1ccc2c(c1)CCN2C(=O)Cc1ccccc1C. The largest absolute Gasteiger partial charge is 0.465 e. The van der Waals surface area contributed by atoms with Gasteiger partial charge in [-0.05, 0) is 48.2 Å². The molecule has 2 aromatic rings. The van der Waals surface area contributed by atoms with Gasteiger partial charge in [-0.25, -0.2) is 4.79 Å². The van der Waals surface area contributed by atoms with E-state index in [4.69, 9.17) is 4.74 Å². The maximum absolute atomic E-state index is 12.6. The van der Waals surface area contributed by atoms with Gasteiger partial charge in [0.2, 0.25) is 5.91 Å². The van der Waals surface area contributed by atoms with E-state index < -0.39 is 0 Å². The van der Waals surface area contributed by atoms with Crippen molar-refractivity contribution in [3.63, 3.8) is 0 Å². The van der Waals surface area contributed by atoms with Crippen LogP contribution in [0.25, 0.3) is 0 Å². The lowest BCUT2D eigenvalue weighted by molar-refractivity contribution is -0.117. The monoisotopic (exact) mass is 309 g/mol. The highest BCUT2D eigenvalue weighted by Gasteiger charge is 2.25. The van der Waals surface area contributed by atoms with E-state index in [0.717, 1.165) is 28.8 Å². The first-order chi connectivity index (χ1) is 11.1. The summed E-state index contributed by atoms with van der Waals surface area (Å²) in [6, 6.07) is 13.3. The molecule has 23 heavy (non-hydrogen) atoms. The van der Waals surface area contributed by atoms with Crippen LogP contribution in [0.15, 0.2) is 42.5 Å². The molecule has 118 valence electrons. The molecule has 1 amide bonds. The predicted molar refractivity (Wildman–Crippen MR) is 88.7 cm³/mol. The van der Waals surface area contributed by atoms with Gasteiger partial charge in [0.05, 0.1) is 19.1 Å². The summed E-state index contributed by atoms with van der Waals surface area (Å²) < 4.78 is 4.74. The number of methoxy groups -OCH3 is 1. The standard InChI is InChI=1S/C19H19NO3/c1-13-5-3-4-6-14(13)12-18(21)20-10-9-15-11-16(19(22)23-2)7-8-17(15)20/h3-8,11H,9-10,12H2,1-2H3. The second kappa shape index (κ2) is 6.24. The Hall–Kier alpha value is -2.62. The smallest absolute Gasteiger partial charge is 0.337 e. The first-order valence-corrected chi connectivity index (χ1v) is 7.66. The lowest BCUT2D eigenvalue weighted by atomic mass is 10.1. The molecule has 0 aliphatic carbocycles. The highest BCUT2D eigenvalue weighted by Crippen LogP contribution is 2.29. The third-order valence-corrected chi connectivity index (χ3v) is 4.30. The Balaban J connectivity index is 1.81. The molecule has 4 heteroatoms. The third kappa shape index (κ3) is 2.97. The zero-order valence-electron chi connectivity index (χ0n) is 13.3. The van der Waals surface area contributed by atoms with Crippen molar-refractivity contribution in [1.82, 2.24) is 0 Å². The Morgan fingerprint density at radius 3 is 2.70 bits per heavy atom. The van der Waals surface area contributed by atoms with E-state index >= 15 is 0 Å². The van der Waals surface area contributed by atoms with E-state index in [9.17, 15) is 9.59 Å². The second-order valence-electron chi connectivity index (χ2n) is 5.73. The van der Waals surface area contributed by atoms with Crippen LogP contribution in [0.5, 0.6) is 0 Å². The van der Waals surface area contributed by atoms with Crippen LogP contribution in [-0.2, 0) is 22.4 Å². The van der Waals surface area contributed by atoms with Gasteiger partial charge in [0.1, 0.15) is 0 Å². The van der Waals surface area contributed by atoms with Gasteiger partial charge in [-0.3, -0.25) is 4.79 Å². The molecule has 3 rings (SSSR count). The Kier molecular flexibility index (Phi) is 4.15. The number of nitrogens with zero attached hydrogens (tertiary/aromatic N) is 1. The number of esters is 1. The Bertz CT molecular complexity index is 767. The molecular formula is C19H19NO3. The number of aryl methyl sites for hydroxylation is 1. The van der Waals surface area contributed by atoms with E-state index in [1.54, 1.807) is 6.07 Å². The number of ether oxygens (including phenoxy) is 1. The van der Waals surface area contributed by atoms with Gasteiger partial charge in [-0.15, -0.1) is 0 Å². The van der Waals surface area contributed by atoms with Crippen LogP contribution in [0.4, 0.5) is 5.69 Å². The van der Waals surface area contributed by atoms with Crippen LogP contribution in [0.1, 0.15) is 27.0 Å². The maximum atomic E-state index is 12.6. The number of carbonyl (C=O) groups is 2. The summed E-state index contributed by atoms with van der Waals surface area (Å²) in [5.41, 5.74) is 4.63. The van der Waals surface area contributed by atoms with Gasteiger partial charge in [-0.1, -0.05) is 24.3 Å². The molecule has 1 aliphatic rings. The predicted octanol–water partition coefficient (Wildman–Crippen LogP) is 2.91. The number of amides is 1. The van der Waals surface area contributed by atoms with Gasteiger partial charge < -0.3 is 9.64 Å². The summed E-state index contributed by atoms with van der Waals surface area (Å²) in [6.45, 7) is 2.67. The van der Waals surface area contributed by atoms with Crippen LogP contribution in [0, 0.1) is 6.92 Å². The first kappa shape index (κ1) is 15.3. The summed E-state index contributed by atoms with van der Waals surface area (Å²) in [4.78, 5) is 26.1. The molecule has 0 N–H and O–H groups in total.